The number of benzene rings is 2. The Morgan fingerprint density at radius 3 is 1.50 bits per heavy atom. The minimum atomic E-state index is 0.205. The Balaban J connectivity index is 2.67. The van der Waals surface area contributed by atoms with E-state index < -0.39 is 0 Å². The predicted octanol–water partition coefficient (Wildman–Crippen LogP) is 5.43. The Morgan fingerprint density at radius 2 is 1.14 bits per heavy atom. The average molecular weight is 388 g/mol. The second-order valence-electron chi connectivity index (χ2n) is 7.11. The van der Waals surface area contributed by atoms with Gasteiger partial charge in [-0.25, -0.2) is 0 Å². The van der Waals surface area contributed by atoms with Crippen molar-refractivity contribution in [1.82, 2.24) is 0 Å². The van der Waals surface area contributed by atoms with E-state index in [1.54, 1.807) is 14.2 Å². The van der Waals surface area contributed by atoms with Gasteiger partial charge in [-0.1, -0.05) is 19.1 Å². The molecule has 0 heterocycles. The summed E-state index contributed by atoms with van der Waals surface area (Å²) >= 11 is 0. The average Bonchev–Trinajstić information content (AvgIpc) is 2.64. The molecule has 0 fully saturated rings. The molecule has 0 radical (unpaired) electrons. The second-order valence-corrected chi connectivity index (χ2v) is 7.11. The number of methoxy groups -OCH3 is 2. The zero-order valence-electron chi connectivity index (χ0n) is 18.2. The molecule has 0 bridgehead atoms. The molecule has 0 N–H and O–H groups in total. The van der Waals surface area contributed by atoms with Crippen molar-refractivity contribution in [3.05, 3.63) is 46.5 Å². The van der Waals surface area contributed by atoms with Crippen LogP contribution in [0.15, 0.2) is 24.3 Å². The third-order valence-corrected chi connectivity index (χ3v) is 4.47. The molecule has 154 valence electrons. The Morgan fingerprint density at radius 1 is 0.714 bits per heavy atom. The lowest BCUT2D eigenvalue weighted by Gasteiger charge is -2.30. The molecule has 5 heteroatoms. The molecule has 0 saturated carbocycles. The van der Waals surface area contributed by atoms with Gasteiger partial charge in [-0.05, 0) is 68.5 Å². The molecule has 5 nitrogen and oxygen atoms in total. The summed E-state index contributed by atoms with van der Waals surface area (Å²) in [6, 6.07) is 8.57. The first-order valence-corrected chi connectivity index (χ1v) is 9.66. The van der Waals surface area contributed by atoms with Crippen molar-refractivity contribution < 1.29 is 18.9 Å². The largest absolute Gasteiger partial charge is 0.465 e. The van der Waals surface area contributed by atoms with Crippen LogP contribution in [0.1, 0.15) is 35.6 Å². The van der Waals surface area contributed by atoms with Crippen molar-refractivity contribution in [2.75, 3.05) is 39.3 Å². The highest BCUT2D eigenvalue weighted by Gasteiger charge is 2.21. The summed E-state index contributed by atoms with van der Waals surface area (Å²) in [7, 11) is 3.27. The first-order chi connectivity index (χ1) is 13.4. The van der Waals surface area contributed by atoms with E-state index in [-0.39, 0.29) is 13.6 Å². The maximum absolute atomic E-state index is 5.97. The first kappa shape index (κ1) is 22.1. The molecule has 2 aromatic carbocycles. The maximum Gasteiger partial charge on any atom is 0.188 e. The van der Waals surface area contributed by atoms with Gasteiger partial charge in [0.15, 0.2) is 13.6 Å². The van der Waals surface area contributed by atoms with Crippen LogP contribution in [-0.4, -0.2) is 34.4 Å². The molecule has 0 atom stereocenters. The van der Waals surface area contributed by atoms with Crippen molar-refractivity contribution in [2.24, 2.45) is 0 Å². The van der Waals surface area contributed by atoms with Crippen LogP contribution in [0, 0.1) is 27.7 Å². The lowest BCUT2D eigenvalue weighted by Crippen LogP contribution is -2.21. The maximum atomic E-state index is 5.97. The number of aryl methyl sites for hydroxylation is 4. The molecule has 2 aromatic rings. The molecule has 0 aromatic heterocycles. The number of nitrogens with zero attached hydrogens (tertiary/aromatic N) is 1. The highest BCUT2D eigenvalue weighted by molar-refractivity contribution is 5.76. The summed E-state index contributed by atoms with van der Waals surface area (Å²) in [6.45, 7) is 11.7. The van der Waals surface area contributed by atoms with Gasteiger partial charge in [0.25, 0.3) is 0 Å². The van der Waals surface area contributed by atoms with Gasteiger partial charge >= 0.3 is 0 Å². The van der Waals surface area contributed by atoms with Crippen molar-refractivity contribution in [3.8, 4) is 11.5 Å². The summed E-state index contributed by atoms with van der Waals surface area (Å²) < 4.78 is 22.3. The number of hydrogen-bond donors (Lipinski definition) is 0. The molecule has 0 amide bonds. The quantitative estimate of drug-likeness (QED) is 0.508. The monoisotopic (exact) mass is 387 g/mol. The van der Waals surface area contributed by atoms with Gasteiger partial charge in [0.05, 0.1) is 11.4 Å². The summed E-state index contributed by atoms with van der Waals surface area (Å²) in [5.74, 6) is 1.66. The SMILES string of the molecule is CCCN(c1cc(C)cc(C)c1OCOC)c1cc(C)cc(C)c1OCOC. The minimum Gasteiger partial charge on any atom is -0.465 e. The van der Waals surface area contributed by atoms with E-state index in [1.807, 2.05) is 0 Å². The van der Waals surface area contributed by atoms with E-state index in [1.165, 1.54) is 11.1 Å². The fraction of sp³-hybridized carbons (Fsp3) is 0.478. The van der Waals surface area contributed by atoms with Crippen molar-refractivity contribution in [3.63, 3.8) is 0 Å². The van der Waals surface area contributed by atoms with Gasteiger partial charge < -0.3 is 23.8 Å². The van der Waals surface area contributed by atoms with Gasteiger partial charge in [0, 0.05) is 20.8 Å². The van der Waals surface area contributed by atoms with Gasteiger partial charge in [-0.3, -0.25) is 0 Å². The lowest BCUT2D eigenvalue weighted by atomic mass is 10.1. The standard InChI is InChI=1S/C23H33NO4/c1-8-9-24(20-12-16(2)10-18(4)22(20)27-14-25-6)21-13-17(3)11-19(5)23(21)28-15-26-7/h10-13H,8-9,14-15H2,1-7H3. The summed E-state index contributed by atoms with van der Waals surface area (Å²) in [4.78, 5) is 2.27. The summed E-state index contributed by atoms with van der Waals surface area (Å²) in [5.41, 5.74) is 6.56. The van der Waals surface area contributed by atoms with E-state index in [0.29, 0.717) is 0 Å². The molecule has 0 aliphatic heterocycles. The topological polar surface area (TPSA) is 40.2 Å². The van der Waals surface area contributed by atoms with Crippen LogP contribution in [-0.2, 0) is 9.47 Å². The van der Waals surface area contributed by atoms with E-state index >= 15 is 0 Å². The van der Waals surface area contributed by atoms with E-state index in [9.17, 15) is 0 Å². The van der Waals surface area contributed by atoms with Crippen LogP contribution in [0.2, 0.25) is 0 Å². The normalized spacial score (nSPS) is 10.8. The molecule has 0 aliphatic carbocycles. The van der Waals surface area contributed by atoms with E-state index in [2.05, 4.69) is 63.8 Å². The highest BCUT2D eigenvalue weighted by atomic mass is 16.7. The molecule has 0 spiro atoms. The van der Waals surface area contributed by atoms with Crippen LogP contribution in [0.4, 0.5) is 11.4 Å². The van der Waals surface area contributed by atoms with Gasteiger partial charge in [0.1, 0.15) is 11.5 Å². The number of hydrogen-bond acceptors (Lipinski definition) is 5. The van der Waals surface area contributed by atoms with Crippen molar-refractivity contribution >= 4 is 11.4 Å². The zero-order chi connectivity index (χ0) is 20.7. The van der Waals surface area contributed by atoms with Gasteiger partial charge in [0.2, 0.25) is 0 Å². The van der Waals surface area contributed by atoms with Gasteiger partial charge in [-0.15, -0.1) is 0 Å². The molecule has 2 rings (SSSR count). The smallest absolute Gasteiger partial charge is 0.188 e. The predicted molar refractivity (Wildman–Crippen MR) is 114 cm³/mol. The van der Waals surface area contributed by atoms with Crippen molar-refractivity contribution in [1.29, 1.82) is 0 Å². The molecule has 0 unspecified atom stereocenters. The first-order valence-electron chi connectivity index (χ1n) is 9.66. The highest BCUT2D eigenvalue weighted by Crippen LogP contribution is 2.43. The third kappa shape index (κ3) is 5.18. The number of rotatable bonds is 10. The fourth-order valence-corrected chi connectivity index (χ4v) is 3.47. The minimum absolute atomic E-state index is 0.205. The van der Waals surface area contributed by atoms with Crippen LogP contribution in [0.5, 0.6) is 11.5 Å². The zero-order valence-corrected chi connectivity index (χ0v) is 18.2. The van der Waals surface area contributed by atoms with Gasteiger partial charge in [-0.2, -0.15) is 0 Å². The number of ether oxygens (including phenoxy) is 4. The number of anilines is 2. The summed E-state index contributed by atoms with van der Waals surface area (Å²) in [6.07, 6.45) is 0.980. The third-order valence-electron chi connectivity index (χ3n) is 4.47. The molecular weight excluding hydrogens is 354 g/mol. The Labute approximate surface area is 169 Å². The van der Waals surface area contributed by atoms with Crippen LogP contribution < -0.4 is 14.4 Å². The Kier molecular flexibility index (Phi) is 8.15. The molecular formula is C23H33NO4. The lowest BCUT2D eigenvalue weighted by molar-refractivity contribution is 0.0505. The second kappa shape index (κ2) is 10.3. The molecule has 28 heavy (non-hydrogen) atoms. The Bertz CT molecular complexity index is 725. The fourth-order valence-electron chi connectivity index (χ4n) is 3.47. The molecule has 0 saturated heterocycles. The van der Waals surface area contributed by atoms with E-state index in [0.717, 1.165) is 47.0 Å². The van der Waals surface area contributed by atoms with Crippen LogP contribution in [0.3, 0.4) is 0 Å². The van der Waals surface area contributed by atoms with E-state index in [4.69, 9.17) is 18.9 Å². The molecule has 0 aliphatic rings. The van der Waals surface area contributed by atoms with Crippen LogP contribution >= 0.6 is 0 Å². The van der Waals surface area contributed by atoms with Crippen molar-refractivity contribution in [2.45, 2.75) is 41.0 Å². The summed E-state index contributed by atoms with van der Waals surface area (Å²) in [5, 5.41) is 0. The Hall–Kier alpha value is -2.24. The van der Waals surface area contributed by atoms with Crippen LogP contribution in [0.25, 0.3) is 0 Å².